The highest BCUT2D eigenvalue weighted by molar-refractivity contribution is 5.73. The van der Waals surface area contributed by atoms with E-state index >= 15 is 0 Å². The molecule has 0 atom stereocenters. The molecular weight excluding hydrogens is 269 g/mol. The molecule has 0 saturated heterocycles. The van der Waals surface area contributed by atoms with Crippen molar-refractivity contribution >= 4 is 5.91 Å². The molecule has 118 valence electrons. The second-order valence-corrected chi connectivity index (χ2v) is 7.06. The number of hydrogen-bond acceptors (Lipinski definition) is 2. The van der Waals surface area contributed by atoms with Gasteiger partial charge in [0.25, 0.3) is 0 Å². The van der Waals surface area contributed by atoms with E-state index < -0.39 is 0 Å². The lowest BCUT2D eigenvalue weighted by Crippen LogP contribution is -2.43. The first kappa shape index (κ1) is 17.5. The Bertz CT molecular complexity index is 504. The second kappa shape index (κ2) is 6.46. The van der Waals surface area contributed by atoms with E-state index in [1.54, 1.807) is 6.07 Å². The van der Waals surface area contributed by atoms with Crippen LogP contribution in [0.15, 0.2) is 18.2 Å². The lowest BCUT2D eigenvalue weighted by Gasteiger charge is -2.25. The van der Waals surface area contributed by atoms with Crippen molar-refractivity contribution in [3.63, 3.8) is 0 Å². The van der Waals surface area contributed by atoms with Crippen LogP contribution in [0.5, 0.6) is 5.75 Å². The number of nitrogens with one attached hydrogen (secondary N) is 1. The highest BCUT2D eigenvalue weighted by atomic mass is 19.1. The molecule has 0 unspecified atom stereocenters. The summed E-state index contributed by atoms with van der Waals surface area (Å²) in [6.07, 6.45) is 0.604. The van der Waals surface area contributed by atoms with Gasteiger partial charge in [0.05, 0.1) is 6.61 Å². The first-order valence-corrected chi connectivity index (χ1v) is 7.23. The molecule has 0 aromatic heterocycles. The van der Waals surface area contributed by atoms with Crippen LogP contribution in [-0.2, 0) is 10.2 Å². The first-order chi connectivity index (χ1) is 9.51. The van der Waals surface area contributed by atoms with E-state index in [-0.39, 0.29) is 28.4 Å². The lowest BCUT2D eigenvalue weighted by molar-refractivity contribution is -0.120. The summed E-state index contributed by atoms with van der Waals surface area (Å²) in [5.41, 5.74) is 0.478. The zero-order chi connectivity index (χ0) is 16.3. The fourth-order valence-electron chi connectivity index (χ4n) is 2.04. The van der Waals surface area contributed by atoms with E-state index in [4.69, 9.17) is 4.74 Å². The third-order valence-electron chi connectivity index (χ3n) is 3.30. The Morgan fingerprint density at radius 1 is 1.24 bits per heavy atom. The minimum absolute atomic E-state index is 0.0827. The van der Waals surface area contributed by atoms with Crippen molar-refractivity contribution < 1.29 is 13.9 Å². The first-order valence-electron chi connectivity index (χ1n) is 7.23. The van der Waals surface area contributed by atoms with Crippen LogP contribution in [0, 0.1) is 5.82 Å². The number of benzene rings is 1. The molecule has 0 aliphatic carbocycles. The van der Waals surface area contributed by atoms with Crippen LogP contribution in [0.1, 0.15) is 53.5 Å². The molecule has 1 N–H and O–H groups in total. The predicted octanol–water partition coefficient (Wildman–Crippen LogP) is 3.81. The van der Waals surface area contributed by atoms with E-state index in [9.17, 15) is 9.18 Å². The van der Waals surface area contributed by atoms with Crippen LogP contribution < -0.4 is 10.1 Å². The summed E-state index contributed by atoms with van der Waals surface area (Å²) in [4.78, 5) is 11.1. The number of amides is 1. The maximum Gasteiger partial charge on any atom is 0.217 e. The second-order valence-electron chi connectivity index (χ2n) is 7.06. The summed E-state index contributed by atoms with van der Waals surface area (Å²) in [6, 6.07) is 5.08. The number of carbonyl (C=O) groups excluding carboxylic acids is 1. The van der Waals surface area contributed by atoms with Crippen molar-refractivity contribution in [3.05, 3.63) is 29.6 Å². The zero-order valence-corrected chi connectivity index (χ0v) is 13.8. The van der Waals surface area contributed by atoms with Gasteiger partial charge in [0.1, 0.15) is 0 Å². The Morgan fingerprint density at radius 2 is 1.86 bits per heavy atom. The average Bonchev–Trinajstić information content (AvgIpc) is 2.27. The Kier molecular flexibility index (Phi) is 5.37. The van der Waals surface area contributed by atoms with E-state index in [1.165, 1.54) is 13.0 Å². The summed E-state index contributed by atoms with van der Waals surface area (Å²) in [7, 11) is 0. The Morgan fingerprint density at radius 3 is 2.33 bits per heavy atom. The standard InChI is InChI=1S/C17H26FNO2/c1-12(20)19-17(5,6)9-10-21-15-8-7-13(11-14(15)18)16(2,3)4/h7-8,11H,9-10H2,1-6H3,(H,19,20). The molecule has 1 amide bonds. The summed E-state index contributed by atoms with van der Waals surface area (Å²) in [5.74, 6) is -0.179. The number of rotatable bonds is 5. The molecular formula is C17H26FNO2. The molecule has 0 fully saturated rings. The molecule has 1 rings (SSSR count). The van der Waals surface area contributed by atoms with Crippen LogP contribution in [0.3, 0.4) is 0 Å². The fraction of sp³-hybridized carbons (Fsp3) is 0.588. The van der Waals surface area contributed by atoms with Gasteiger partial charge in [-0.25, -0.2) is 4.39 Å². The molecule has 0 spiro atoms. The third-order valence-corrected chi connectivity index (χ3v) is 3.30. The van der Waals surface area contributed by atoms with Gasteiger partial charge in [0, 0.05) is 18.9 Å². The Hall–Kier alpha value is -1.58. The maximum atomic E-state index is 14.0. The van der Waals surface area contributed by atoms with Crippen LogP contribution in [0.2, 0.25) is 0 Å². The van der Waals surface area contributed by atoms with Gasteiger partial charge in [-0.2, -0.15) is 0 Å². The zero-order valence-electron chi connectivity index (χ0n) is 13.8. The average molecular weight is 295 g/mol. The minimum Gasteiger partial charge on any atom is -0.490 e. The van der Waals surface area contributed by atoms with Crippen LogP contribution in [-0.4, -0.2) is 18.1 Å². The highest BCUT2D eigenvalue weighted by Crippen LogP contribution is 2.27. The van der Waals surface area contributed by atoms with Crippen molar-refractivity contribution in [1.29, 1.82) is 0 Å². The van der Waals surface area contributed by atoms with Gasteiger partial charge in [-0.05, 0) is 37.0 Å². The van der Waals surface area contributed by atoms with Gasteiger partial charge in [-0.15, -0.1) is 0 Å². The summed E-state index contributed by atoms with van der Waals surface area (Å²) < 4.78 is 19.5. The molecule has 1 aromatic rings. The van der Waals surface area contributed by atoms with Crippen molar-refractivity contribution in [3.8, 4) is 5.75 Å². The molecule has 0 bridgehead atoms. The molecule has 0 aliphatic rings. The van der Waals surface area contributed by atoms with Gasteiger partial charge >= 0.3 is 0 Å². The normalized spacial score (nSPS) is 12.1. The molecule has 4 heteroatoms. The van der Waals surface area contributed by atoms with Gasteiger partial charge in [-0.3, -0.25) is 4.79 Å². The summed E-state index contributed by atoms with van der Waals surface area (Å²) in [6.45, 7) is 11.8. The van der Waals surface area contributed by atoms with E-state index in [0.29, 0.717) is 13.0 Å². The SMILES string of the molecule is CC(=O)NC(C)(C)CCOc1ccc(C(C)(C)C)cc1F. The molecule has 0 aliphatic heterocycles. The molecule has 21 heavy (non-hydrogen) atoms. The molecule has 0 heterocycles. The number of carbonyl (C=O) groups is 1. The monoisotopic (exact) mass is 295 g/mol. The van der Waals surface area contributed by atoms with Gasteiger partial charge in [0.2, 0.25) is 5.91 Å². The quantitative estimate of drug-likeness (QED) is 0.897. The number of halogens is 1. The topological polar surface area (TPSA) is 38.3 Å². The van der Waals surface area contributed by atoms with Gasteiger partial charge in [-0.1, -0.05) is 26.8 Å². The van der Waals surface area contributed by atoms with E-state index in [1.807, 2.05) is 40.7 Å². The van der Waals surface area contributed by atoms with Crippen LogP contribution in [0.25, 0.3) is 0 Å². The molecule has 3 nitrogen and oxygen atoms in total. The van der Waals surface area contributed by atoms with Crippen molar-refractivity contribution in [2.45, 2.75) is 58.9 Å². The Labute approximate surface area is 126 Å². The summed E-state index contributed by atoms with van der Waals surface area (Å²) >= 11 is 0. The lowest BCUT2D eigenvalue weighted by atomic mass is 9.87. The van der Waals surface area contributed by atoms with Gasteiger partial charge < -0.3 is 10.1 Å². The van der Waals surface area contributed by atoms with Crippen molar-refractivity contribution in [1.82, 2.24) is 5.32 Å². The molecule has 0 radical (unpaired) electrons. The fourth-order valence-corrected chi connectivity index (χ4v) is 2.04. The number of hydrogen-bond donors (Lipinski definition) is 1. The van der Waals surface area contributed by atoms with Crippen LogP contribution >= 0.6 is 0 Å². The smallest absolute Gasteiger partial charge is 0.217 e. The molecule has 1 aromatic carbocycles. The highest BCUT2D eigenvalue weighted by Gasteiger charge is 2.19. The Balaban J connectivity index is 2.63. The van der Waals surface area contributed by atoms with E-state index in [0.717, 1.165) is 5.56 Å². The van der Waals surface area contributed by atoms with Crippen molar-refractivity contribution in [2.75, 3.05) is 6.61 Å². The van der Waals surface area contributed by atoms with Crippen LogP contribution in [0.4, 0.5) is 4.39 Å². The minimum atomic E-state index is -0.367. The van der Waals surface area contributed by atoms with E-state index in [2.05, 4.69) is 5.32 Å². The largest absolute Gasteiger partial charge is 0.490 e. The number of ether oxygens (including phenoxy) is 1. The summed E-state index contributed by atoms with van der Waals surface area (Å²) in [5, 5.41) is 2.84. The van der Waals surface area contributed by atoms with Crippen molar-refractivity contribution in [2.24, 2.45) is 0 Å². The third kappa shape index (κ3) is 5.74. The van der Waals surface area contributed by atoms with Gasteiger partial charge in [0.15, 0.2) is 11.6 Å². The predicted molar refractivity (Wildman–Crippen MR) is 83.1 cm³/mol. The maximum absolute atomic E-state index is 14.0. The molecule has 0 saturated carbocycles.